The van der Waals surface area contributed by atoms with Gasteiger partial charge < -0.3 is 9.80 Å². The van der Waals surface area contributed by atoms with E-state index in [1.807, 2.05) is 14.1 Å². The second kappa shape index (κ2) is 7.52. The van der Waals surface area contributed by atoms with Crippen molar-refractivity contribution in [3.05, 3.63) is 21.7 Å². The Hall–Kier alpha value is -1.30. The summed E-state index contributed by atoms with van der Waals surface area (Å²) in [4.78, 5) is 17.2. The number of thiophene rings is 1. The smallest absolute Gasteiger partial charge is 0.250 e. The van der Waals surface area contributed by atoms with Gasteiger partial charge >= 0.3 is 0 Å². The van der Waals surface area contributed by atoms with Gasteiger partial charge in [0.05, 0.1) is 10.3 Å². The van der Waals surface area contributed by atoms with E-state index >= 15 is 0 Å². The molecule has 0 amide bonds. The van der Waals surface area contributed by atoms with Gasteiger partial charge in [-0.25, -0.2) is 13.1 Å². The van der Waals surface area contributed by atoms with E-state index in [1.165, 1.54) is 0 Å². The molecule has 1 fully saturated rings. The predicted octanol–water partition coefficient (Wildman–Crippen LogP) is 1.84. The van der Waals surface area contributed by atoms with Crippen molar-refractivity contribution >= 4 is 49.2 Å². The lowest BCUT2D eigenvalue weighted by Gasteiger charge is -2.18. The van der Waals surface area contributed by atoms with Gasteiger partial charge in [-0.3, -0.25) is 0 Å². The van der Waals surface area contributed by atoms with Gasteiger partial charge in [-0.15, -0.1) is 11.3 Å². The van der Waals surface area contributed by atoms with Gasteiger partial charge in [-0.2, -0.15) is 15.0 Å². The molecule has 1 saturated heterocycles. The Morgan fingerprint density at radius 2 is 1.96 bits per heavy atom. The molecule has 3 heterocycles. The number of hydrogen-bond donors (Lipinski definition) is 1. The van der Waals surface area contributed by atoms with Gasteiger partial charge in [-0.05, 0) is 40.9 Å². The zero-order valence-electron chi connectivity index (χ0n) is 13.9. The fourth-order valence-electron chi connectivity index (χ4n) is 2.41. The lowest BCUT2D eigenvalue weighted by molar-refractivity contribution is 0.581. The number of aromatic nitrogens is 3. The summed E-state index contributed by atoms with van der Waals surface area (Å²) < 4.78 is 28.3. The van der Waals surface area contributed by atoms with E-state index in [0.717, 1.165) is 41.1 Å². The molecule has 0 radical (unpaired) electrons. The number of nitrogens with one attached hydrogen (secondary N) is 1. The van der Waals surface area contributed by atoms with Crippen molar-refractivity contribution in [1.82, 2.24) is 19.7 Å². The highest BCUT2D eigenvalue weighted by molar-refractivity contribution is 9.11. The zero-order valence-corrected chi connectivity index (χ0v) is 17.2. The third-order valence-corrected chi connectivity index (χ3v) is 7.20. The van der Waals surface area contributed by atoms with E-state index in [9.17, 15) is 8.42 Å². The van der Waals surface area contributed by atoms with Gasteiger partial charge in [0, 0.05) is 27.2 Å². The van der Waals surface area contributed by atoms with Crippen LogP contribution in [0.4, 0.5) is 11.9 Å². The Labute approximate surface area is 159 Å². The largest absolute Gasteiger partial charge is 0.347 e. The predicted molar refractivity (Wildman–Crippen MR) is 102 cm³/mol. The molecule has 8 nitrogen and oxygen atoms in total. The molecule has 11 heteroatoms. The van der Waals surface area contributed by atoms with Crippen LogP contribution < -0.4 is 14.5 Å². The molecule has 3 rings (SSSR count). The molecule has 0 aromatic carbocycles. The van der Waals surface area contributed by atoms with Gasteiger partial charge in [0.15, 0.2) is 5.82 Å². The van der Waals surface area contributed by atoms with E-state index in [2.05, 4.69) is 40.5 Å². The molecule has 1 aliphatic rings. The van der Waals surface area contributed by atoms with E-state index in [0.29, 0.717) is 17.7 Å². The number of anilines is 2. The molecule has 0 aliphatic carbocycles. The highest BCUT2D eigenvalue weighted by Crippen LogP contribution is 2.26. The normalized spacial score (nSPS) is 14.9. The summed E-state index contributed by atoms with van der Waals surface area (Å²) in [5.74, 6) is 1.52. The van der Waals surface area contributed by atoms with Crippen molar-refractivity contribution in [3.8, 4) is 0 Å². The minimum absolute atomic E-state index is 0.0159. The van der Waals surface area contributed by atoms with Crippen LogP contribution in [0.5, 0.6) is 0 Å². The van der Waals surface area contributed by atoms with E-state index in [1.54, 1.807) is 17.0 Å². The summed E-state index contributed by atoms with van der Waals surface area (Å²) in [5, 5.41) is 0. The minimum Gasteiger partial charge on any atom is -0.347 e. The average molecular weight is 447 g/mol. The fraction of sp³-hybridized carbons (Fsp3) is 0.500. The molecule has 0 atom stereocenters. The molecule has 2 aromatic rings. The first-order valence-electron chi connectivity index (χ1n) is 7.77. The molecule has 25 heavy (non-hydrogen) atoms. The maximum Gasteiger partial charge on any atom is 0.250 e. The quantitative estimate of drug-likeness (QED) is 0.723. The van der Waals surface area contributed by atoms with Gasteiger partial charge in [-0.1, -0.05) is 0 Å². The Kier molecular flexibility index (Phi) is 5.56. The van der Waals surface area contributed by atoms with Crippen LogP contribution in [0.1, 0.15) is 18.7 Å². The number of rotatable bonds is 6. The summed E-state index contributed by atoms with van der Waals surface area (Å²) >= 11 is 4.43. The van der Waals surface area contributed by atoms with Crippen molar-refractivity contribution in [2.45, 2.75) is 23.6 Å². The molecular weight excluding hydrogens is 428 g/mol. The first kappa shape index (κ1) is 18.5. The van der Waals surface area contributed by atoms with Crippen LogP contribution in [-0.4, -0.2) is 50.6 Å². The topological polar surface area (TPSA) is 91.3 Å². The second-order valence-corrected chi connectivity index (χ2v) is 10.3. The molecule has 0 spiro atoms. The maximum atomic E-state index is 12.4. The summed E-state index contributed by atoms with van der Waals surface area (Å²) in [7, 11) is 0.103. The van der Waals surface area contributed by atoms with Crippen molar-refractivity contribution < 1.29 is 8.42 Å². The molecule has 0 bridgehead atoms. The van der Waals surface area contributed by atoms with Crippen LogP contribution >= 0.6 is 27.3 Å². The first-order chi connectivity index (χ1) is 11.8. The molecule has 2 aromatic heterocycles. The van der Waals surface area contributed by atoms with E-state index < -0.39 is 10.0 Å². The van der Waals surface area contributed by atoms with Crippen LogP contribution in [0.3, 0.4) is 0 Å². The third-order valence-electron chi connectivity index (χ3n) is 3.68. The second-order valence-electron chi connectivity index (χ2n) is 5.82. The lowest BCUT2D eigenvalue weighted by Crippen LogP contribution is -2.27. The zero-order chi connectivity index (χ0) is 18.0. The summed E-state index contributed by atoms with van der Waals surface area (Å²) in [6.45, 7) is 1.83. The third kappa shape index (κ3) is 4.46. The monoisotopic (exact) mass is 446 g/mol. The lowest BCUT2D eigenvalue weighted by atomic mass is 10.4. The van der Waals surface area contributed by atoms with Crippen molar-refractivity contribution in [1.29, 1.82) is 0 Å². The highest BCUT2D eigenvalue weighted by atomic mass is 79.9. The Morgan fingerprint density at radius 1 is 1.24 bits per heavy atom. The highest BCUT2D eigenvalue weighted by Gasteiger charge is 2.20. The Bertz CT molecular complexity index is 849. The minimum atomic E-state index is -3.59. The van der Waals surface area contributed by atoms with Crippen LogP contribution in [0.25, 0.3) is 0 Å². The van der Waals surface area contributed by atoms with Crippen LogP contribution in [0.2, 0.25) is 0 Å². The first-order valence-corrected chi connectivity index (χ1v) is 10.9. The Balaban J connectivity index is 1.81. The maximum absolute atomic E-state index is 12.4. The number of nitrogens with zero attached hydrogens (tertiary/aromatic N) is 5. The van der Waals surface area contributed by atoms with Gasteiger partial charge in [0.1, 0.15) is 4.21 Å². The molecule has 1 aliphatic heterocycles. The average Bonchev–Trinajstić information content (AvgIpc) is 3.24. The standard InChI is InChI=1S/C14H19BrN6O2S2/c1-20(2)13-17-11(18-14(19-13)21-7-3-4-8-21)9-16-25(22,23)12-6-5-10(15)24-12/h5-6,16H,3-4,7-9H2,1-2H3. The summed E-state index contributed by atoms with van der Waals surface area (Å²) in [5.41, 5.74) is 0. The molecule has 0 saturated carbocycles. The summed E-state index contributed by atoms with van der Waals surface area (Å²) in [6, 6.07) is 3.27. The van der Waals surface area contributed by atoms with Gasteiger partial charge in [0.25, 0.3) is 0 Å². The van der Waals surface area contributed by atoms with Crippen molar-refractivity contribution in [3.63, 3.8) is 0 Å². The molecular formula is C14H19BrN6O2S2. The summed E-state index contributed by atoms with van der Waals surface area (Å²) in [6.07, 6.45) is 2.22. The molecule has 1 N–H and O–H groups in total. The number of halogens is 1. The van der Waals surface area contributed by atoms with Crippen LogP contribution in [0.15, 0.2) is 20.1 Å². The van der Waals surface area contributed by atoms with Crippen LogP contribution in [-0.2, 0) is 16.6 Å². The molecule has 0 unspecified atom stereocenters. The Morgan fingerprint density at radius 3 is 2.56 bits per heavy atom. The molecule has 136 valence electrons. The van der Waals surface area contributed by atoms with Crippen molar-refractivity contribution in [2.24, 2.45) is 0 Å². The number of hydrogen-bond acceptors (Lipinski definition) is 8. The fourth-order valence-corrected chi connectivity index (χ4v) is 5.44. The van der Waals surface area contributed by atoms with E-state index in [4.69, 9.17) is 0 Å². The SMILES string of the molecule is CN(C)c1nc(CNS(=O)(=O)c2ccc(Br)s2)nc(N2CCCC2)n1. The van der Waals surface area contributed by atoms with E-state index in [-0.39, 0.29) is 10.8 Å². The van der Waals surface area contributed by atoms with Crippen LogP contribution in [0, 0.1) is 0 Å². The van der Waals surface area contributed by atoms with Gasteiger partial charge in [0.2, 0.25) is 21.9 Å². The number of sulfonamides is 1. The van der Waals surface area contributed by atoms with Crippen molar-refractivity contribution in [2.75, 3.05) is 37.0 Å².